The van der Waals surface area contributed by atoms with E-state index in [9.17, 15) is 5.11 Å². The zero-order valence-corrected chi connectivity index (χ0v) is 15.4. The van der Waals surface area contributed by atoms with E-state index < -0.39 is 11.2 Å². The minimum absolute atomic E-state index is 0.717. The molecular formula is C21H21BNO3. The Labute approximate surface area is 153 Å². The summed E-state index contributed by atoms with van der Waals surface area (Å²) in [5, 5.41) is 14.5. The Hall–Kier alpha value is -2.37. The number of fused-ring (bicyclic) bond motifs is 5. The summed E-state index contributed by atoms with van der Waals surface area (Å²) in [6, 6.07) is 12.3. The molecule has 0 fully saturated rings. The van der Waals surface area contributed by atoms with Crippen molar-refractivity contribution in [3.05, 3.63) is 48.8 Å². The largest absolute Gasteiger partial charge is 0.454 e. The van der Waals surface area contributed by atoms with Crippen LogP contribution in [0.2, 0.25) is 0 Å². The van der Waals surface area contributed by atoms with Crippen molar-refractivity contribution in [2.24, 2.45) is 0 Å². The standard InChI is InChI=1S/C21H21BNO3/c1-20(2,24)21(3,4)26-22-16-11-23-12-17-18(16)15-10-9-13-7-5-6-8-14(13)19(15)25-17/h5-12,24H,1-4H3. The number of hydrogen-bond donors (Lipinski definition) is 1. The first kappa shape index (κ1) is 17.1. The van der Waals surface area contributed by atoms with Crippen LogP contribution in [0.4, 0.5) is 0 Å². The van der Waals surface area contributed by atoms with Crippen LogP contribution < -0.4 is 5.46 Å². The fraction of sp³-hybridized carbons (Fsp3) is 0.286. The quantitative estimate of drug-likeness (QED) is 0.569. The summed E-state index contributed by atoms with van der Waals surface area (Å²) in [5.74, 6) is 0. The van der Waals surface area contributed by atoms with E-state index in [0.717, 1.165) is 38.2 Å². The van der Waals surface area contributed by atoms with E-state index in [0.29, 0.717) is 0 Å². The molecule has 0 aliphatic carbocycles. The molecule has 0 saturated carbocycles. The second kappa shape index (κ2) is 5.83. The van der Waals surface area contributed by atoms with Crippen LogP contribution in [0.15, 0.2) is 53.2 Å². The molecule has 2 aromatic heterocycles. The summed E-state index contributed by atoms with van der Waals surface area (Å²) in [7, 11) is 1.66. The van der Waals surface area contributed by atoms with Gasteiger partial charge < -0.3 is 14.2 Å². The molecule has 0 aliphatic rings. The molecule has 2 heterocycles. The highest BCUT2D eigenvalue weighted by molar-refractivity contribution is 6.52. The Morgan fingerprint density at radius 2 is 1.77 bits per heavy atom. The Kier molecular flexibility index (Phi) is 3.83. The first-order chi connectivity index (χ1) is 12.3. The Morgan fingerprint density at radius 1 is 1.00 bits per heavy atom. The summed E-state index contributed by atoms with van der Waals surface area (Å²) < 4.78 is 12.1. The fourth-order valence-electron chi connectivity index (χ4n) is 2.93. The van der Waals surface area contributed by atoms with Gasteiger partial charge in [0.25, 0.3) is 0 Å². The van der Waals surface area contributed by atoms with Crippen LogP contribution in [0.3, 0.4) is 0 Å². The van der Waals surface area contributed by atoms with Gasteiger partial charge in [-0.2, -0.15) is 0 Å². The van der Waals surface area contributed by atoms with Gasteiger partial charge in [-0.15, -0.1) is 0 Å². The first-order valence-corrected chi connectivity index (χ1v) is 8.69. The normalized spacial score (nSPS) is 13.0. The topological polar surface area (TPSA) is 55.5 Å². The molecule has 0 amide bonds. The van der Waals surface area contributed by atoms with Crippen LogP contribution in [0.1, 0.15) is 27.7 Å². The molecule has 0 spiro atoms. The predicted octanol–water partition coefficient (Wildman–Crippen LogP) is 3.94. The van der Waals surface area contributed by atoms with Crippen molar-refractivity contribution < 1.29 is 14.2 Å². The number of furan rings is 1. The second-order valence-corrected chi connectivity index (χ2v) is 7.67. The number of rotatable bonds is 4. The molecule has 4 aromatic rings. The number of aromatic nitrogens is 1. The van der Waals surface area contributed by atoms with Crippen LogP contribution >= 0.6 is 0 Å². The van der Waals surface area contributed by atoms with Gasteiger partial charge in [-0.3, -0.25) is 4.98 Å². The molecular weight excluding hydrogens is 325 g/mol. The first-order valence-electron chi connectivity index (χ1n) is 8.69. The van der Waals surface area contributed by atoms with Gasteiger partial charge >= 0.3 is 7.48 Å². The van der Waals surface area contributed by atoms with E-state index in [2.05, 4.69) is 29.2 Å². The maximum Gasteiger partial charge on any atom is 0.333 e. The maximum absolute atomic E-state index is 10.3. The van der Waals surface area contributed by atoms with Crippen LogP contribution in [0.25, 0.3) is 32.7 Å². The molecule has 5 heteroatoms. The van der Waals surface area contributed by atoms with Gasteiger partial charge in [0.1, 0.15) is 5.58 Å². The van der Waals surface area contributed by atoms with Crippen molar-refractivity contribution >= 4 is 45.7 Å². The van der Waals surface area contributed by atoms with Crippen LogP contribution in [-0.2, 0) is 4.65 Å². The summed E-state index contributed by atoms with van der Waals surface area (Å²) >= 11 is 0. The number of benzene rings is 2. The third-order valence-electron chi connectivity index (χ3n) is 5.26. The van der Waals surface area contributed by atoms with E-state index in [1.807, 2.05) is 26.0 Å². The van der Waals surface area contributed by atoms with Crippen LogP contribution in [-0.4, -0.2) is 28.8 Å². The van der Waals surface area contributed by atoms with Gasteiger partial charge in [0.05, 0.1) is 17.4 Å². The highest BCUT2D eigenvalue weighted by Crippen LogP contribution is 2.33. The Balaban J connectivity index is 1.85. The minimum atomic E-state index is -0.987. The number of aliphatic hydroxyl groups is 1. The Bertz CT molecular complexity index is 1110. The van der Waals surface area contributed by atoms with Gasteiger partial charge in [0.15, 0.2) is 5.58 Å². The van der Waals surface area contributed by atoms with Crippen molar-refractivity contribution in [1.82, 2.24) is 4.98 Å². The predicted molar refractivity (Wildman–Crippen MR) is 106 cm³/mol. The van der Waals surface area contributed by atoms with Gasteiger partial charge in [-0.05, 0) is 44.6 Å². The fourth-order valence-corrected chi connectivity index (χ4v) is 2.93. The molecule has 4 rings (SSSR count). The molecule has 0 unspecified atom stereocenters. The molecule has 0 atom stereocenters. The van der Waals surface area contributed by atoms with Gasteiger partial charge in [-0.1, -0.05) is 30.3 Å². The van der Waals surface area contributed by atoms with E-state index in [1.54, 1.807) is 33.7 Å². The number of hydrogen-bond acceptors (Lipinski definition) is 4. The monoisotopic (exact) mass is 346 g/mol. The van der Waals surface area contributed by atoms with Gasteiger partial charge in [-0.25, -0.2) is 0 Å². The average Bonchev–Trinajstić information content (AvgIpc) is 2.98. The average molecular weight is 346 g/mol. The molecule has 0 saturated heterocycles. The van der Waals surface area contributed by atoms with Crippen molar-refractivity contribution in [2.75, 3.05) is 0 Å². The summed E-state index contributed by atoms with van der Waals surface area (Å²) in [6.07, 6.45) is 3.48. The van der Waals surface area contributed by atoms with Crippen molar-refractivity contribution in [3.8, 4) is 0 Å². The third kappa shape index (κ3) is 2.68. The highest BCUT2D eigenvalue weighted by atomic mass is 16.5. The van der Waals surface area contributed by atoms with Crippen molar-refractivity contribution in [3.63, 3.8) is 0 Å². The lowest BCUT2D eigenvalue weighted by Crippen LogP contribution is -2.49. The molecule has 26 heavy (non-hydrogen) atoms. The van der Waals surface area contributed by atoms with E-state index >= 15 is 0 Å². The van der Waals surface area contributed by atoms with Gasteiger partial charge in [0, 0.05) is 22.4 Å². The number of pyridine rings is 1. The lowest BCUT2D eigenvalue weighted by Gasteiger charge is -2.37. The molecule has 0 bridgehead atoms. The van der Waals surface area contributed by atoms with Crippen LogP contribution in [0, 0.1) is 0 Å². The van der Waals surface area contributed by atoms with E-state index in [4.69, 9.17) is 9.07 Å². The Morgan fingerprint density at radius 3 is 2.54 bits per heavy atom. The smallest absolute Gasteiger partial charge is 0.333 e. The summed E-state index contributed by atoms with van der Waals surface area (Å²) in [6.45, 7) is 7.19. The highest BCUT2D eigenvalue weighted by Gasteiger charge is 2.36. The zero-order chi connectivity index (χ0) is 18.5. The van der Waals surface area contributed by atoms with Crippen molar-refractivity contribution in [2.45, 2.75) is 38.9 Å². The lowest BCUT2D eigenvalue weighted by atomic mass is 9.81. The second-order valence-electron chi connectivity index (χ2n) is 7.67. The maximum atomic E-state index is 10.3. The lowest BCUT2D eigenvalue weighted by molar-refractivity contribution is -0.0893. The molecule has 131 valence electrons. The SMILES string of the molecule is CC(C)(O)C(C)(C)O[B]c1cncc2oc3c4ccccc4ccc3c12. The zero-order valence-electron chi connectivity index (χ0n) is 15.4. The van der Waals surface area contributed by atoms with E-state index in [1.165, 1.54) is 0 Å². The third-order valence-corrected chi connectivity index (χ3v) is 5.26. The molecule has 0 aliphatic heterocycles. The van der Waals surface area contributed by atoms with Crippen LogP contribution in [0.5, 0.6) is 0 Å². The molecule has 4 nitrogen and oxygen atoms in total. The number of nitrogens with zero attached hydrogens (tertiary/aromatic N) is 1. The minimum Gasteiger partial charge on any atom is -0.454 e. The summed E-state index contributed by atoms with van der Waals surface area (Å²) in [5.41, 5.74) is 0.659. The molecule has 1 N–H and O–H groups in total. The molecule has 2 aromatic carbocycles. The van der Waals surface area contributed by atoms with Gasteiger partial charge in [0.2, 0.25) is 0 Å². The summed E-state index contributed by atoms with van der Waals surface area (Å²) in [4.78, 5) is 4.28. The van der Waals surface area contributed by atoms with Crippen molar-refractivity contribution in [1.29, 1.82) is 0 Å². The van der Waals surface area contributed by atoms with E-state index in [-0.39, 0.29) is 0 Å². The molecule has 1 radical (unpaired) electrons.